The van der Waals surface area contributed by atoms with Crippen LogP contribution in [0.5, 0.6) is 0 Å². The molecular weight excluding hydrogens is 258 g/mol. The second kappa shape index (κ2) is 4.99. The lowest BCUT2D eigenvalue weighted by Crippen LogP contribution is -2.03. The van der Waals surface area contributed by atoms with Crippen LogP contribution >= 0.6 is 0 Å². The van der Waals surface area contributed by atoms with Crippen LogP contribution in [-0.4, -0.2) is 14.5 Å². The van der Waals surface area contributed by atoms with Crippen molar-refractivity contribution < 1.29 is 0 Å². The monoisotopic (exact) mass is 279 g/mol. The number of fused-ring (bicyclic) bond motifs is 1. The Balaban J connectivity index is 2.38. The standard InChI is InChI=1S/C18H21N3/c1-6-15-8-11(2)7-12(3)17(15)21-10-13(4)16-9-19-14(5)20-18(16)21/h7-10H,6H2,1-5H3. The summed E-state index contributed by atoms with van der Waals surface area (Å²) in [5.41, 5.74) is 7.45. The normalized spacial score (nSPS) is 11.3. The van der Waals surface area contributed by atoms with Gasteiger partial charge in [-0.15, -0.1) is 0 Å². The molecule has 108 valence electrons. The number of hydrogen-bond donors (Lipinski definition) is 0. The van der Waals surface area contributed by atoms with Crippen LogP contribution in [-0.2, 0) is 6.42 Å². The molecule has 0 aliphatic rings. The number of nitrogens with zero attached hydrogens (tertiary/aromatic N) is 3. The van der Waals surface area contributed by atoms with E-state index >= 15 is 0 Å². The molecule has 1 aromatic carbocycles. The SMILES string of the molecule is CCc1cc(C)cc(C)c1-n1cc(C)c2cnc(C)nc21. The minimum Gasteiger partial charge on any atom is -0.300 e. The summed E-state index contributed by atoms with van der Waals surface area (Å²) in [6, 6.07) is 4.52. The average Bonchev–Trinajstić information content (AvgIpc) is 2.74. The van der Waals surface area contributed by atoms with Gasteiger partial charge in [0.15, 0.2) is 0 Å². The quantitative estimate of drug-likeness (QED) is 0.703. The second-order valence-corrected chi connectivity index (χ2v) is 5.78. The van der Waals surface area contributed by atoms with Gasteiger partial charge in [0, 0.05) is 17.8 Å². The molecule has 0 unspecified atom stereocenters. The van der Waals surface area contributed by atoms with Crippen molar-refractivity contribution in [2.24, 2.45) is 0 Å². The fourth-order valence-electron chi connectivity index (χ4n) is 3.08. The molecule has 3 heteroatoms. The Morgan fingerprint density at radius 3 is 2.52 bits per heavy atom. The van der Waals surface area contributed by atoms with Crippen LogP contribution in [0.1, 0.15) is 35.0 Å². The first-order chi connectivity index (χ1) is 10.0. The van der Waals surface area contributed by atoms with E-state index in [1.807, 2.05) is 13.1 Å². The van der Waals surface area contributed by atoms with Gasteiger partial charge in [0.1, 0.15) is 11.5 Å². The van der Waals surface area contributed by atoms with Crippen molar-refractivity contribution >= 4 is 11.0 Å². The predicted octanol–water partition coefficient (Wildman–Crippen LogP) is 4.22. The van der Waals surface area contributed by atoms with Crippen molar-refractivity contribution in [2.75, 3.05) is 0 Å². The van der Waals surface area contributed by atoms with Crippen LogP contribution in [0.3, 0.4) is 0 Å². The number of aromatic nitrogens is 3. The molecule has 2 heterocycles. The fourth-order valence-corrected chi connectivity index (χ4v) is 3.08. The third-order valence-corrected chi connectivity index (χ3v) is 4.01. The van der Waals surface area contributed by atoms with E-state index in [1.165, 1.54) is 27.9 Å². The summed E-state index contributed by atoms with van der Waals surface area (Å²) < 4.78 is 2.23. The molecule has 0 fully saturated rings. The Hall–Kier alpha value is -2.16. The topological polar surface area (TPSA) is 30.7 Å². The average molecular weight is 279 g/mol. The van der Waals surface area contributed by atoms with Crippen molar-refractivity contribution in [1.29, 1.82) is 0 Å². The maximum Gasteiger partial charge on any atom is 0.148 e. The molecule has 3 aromatic rings. The predicted molar refractivity (Wildman–Crippen MR) is 87.2 cm³/mol. The summed E-state index contributed by atoms with van der Waals surface area (Å²) in [7, 11) is 0. The van der Waals surface area contributed by atoms with Gasteiger partial charge >= 0.3 is 0 Å². The highest BCUT2D eigenvalue weighted by Crippen LogP contribution is 2.28. The third kappa shape index (κ3) is 2.23. The molecule has 3 rings (SSSR count). The Morgan fingerprint density at radius 2 is 1.81 bits per heavy atom. The van der Waals surface area contributed by atoms with Crippen LogP contribution in [0, 0.1) is 27.7 Å². The van der Waals surface area contributed by atoms with E-state index in [9.17, 15) is 0 Å². The van der Waals surface area contributed by atoms with Crippen LogP contribution in [0.25, 0.3) is 16.7 Å². The van der Waals surface area contributed by atoms with Crippen LogP contribution in [0.15, 0.2) is 24.5 Å². The van der Waals surface area contributed by atoms with E-state index in [1.54, 1.807) is 0 Å². The first-order valence-corrected chi connectivity index (χ1v) is 7.43. The Kier molecular flexibility index (Phi) is 3.28. The van der Waals surface area contributed by atoms with E-state index < -0.39 is 0 Å². The summed E-state index contributed by atoms with van der Waals surface area (Å²) in [4.78, 5) is 8.99. The summed E-state index contributed by atoms with van der Waals surface area (Å²) in [5, 5.41) is 1.13. The van der Waals surface area contributed by atoms with Gasteiger partial charge in [0.25, 0.3) is 0 Å². The van der Waals surface area contributed by atoms with Gasteiger partial charge in [-0.1, -0.05) is 24.6 Å². The molecule has 0 saturated carbocycles. The highest BCUT2D eigenvalue weighted by atomic mass is 15.1. The Bertz CT molecular complexity index is 828. The van der Waals surface area contributed by atoms with Crippen LogP contribution < -0.4 is 0 Å². The zero-order chi connectivity index (χ0) is 15.1. The number of hydrogen-bond acceptors (Lipinski definition) is 2. The lowest BCUT2D eigenvalue weighted by molar-refractivity contribution is 0.985. The van der Waals surface area contributed by atoms with Gasteiger partial charge in [-0.25, -0.2) is 9.97 Å². The lowest BCUT2D eigenvalue weighted by Gasteiger charge is -2.15. The van der Waals surface area contributed by atoms with Crippen LogP contribution in [0.4, 0.5) is 0 Å². The summed E-state index contributed by atoms with van der Waals surface area (Å²) in [6.07, 6.45) is 5.12. The molecule has 0 bridgehead atoms. The third-order valence-electron chi connectivity index (χ3n) is 4.01. The lowest BCUT2D eigenvalue weighted by atomic mass is 10.0. The highest BCUT2D eigenvalue weighted by Gasteiger charge is 2.14. The summed E-state index contributed by atoms with van der Waals surface area (Å²) in [6.45, 7) is 10.6. The number of rotatable bonds is 2. The van der Waals surface area contributed by atoms with Crippen LogP contribution in [0.2, 0.25) is 0 Å². The molecular formula is C18H21N3. The minimum atomic E-state index is 0.810. The van der Waals surface area contributed by atoms with Crippen molar-refractivity contribution in [3.8, 4) is 5.69 Å². The number of benzene rings is 1. The summed E-state index contributed by atoms with van der Waals surface area (Å²) in [5.74, 6) is 0.810. The smallest absolute Gasteiger partial charge is 0.148 e. The van der Waals surface area contributed by atoms with Crippen molar-refractivity contribution in [2.45, 2.75) is 41.0 Å². The van der Waals surface area contributed by atoms with Crippen molar-refractivity contribution in [1.82, 2.24) is 14.5 Å². The van der Waals surface area contributed by atoms with Crippen molar-refractivity contribution in [3.05, 3.63) is 52.6 Å². The molecule has 0 aliphatic carbocycles. The molecule has 0 aliphatic heterocycles. The van der Waals surface area contributed by atoms with Gasteiger partial charge < -0.3 is 4.57 Å². The zero-order valence-electron chi connectivity index (χ0n) is 13.4. The Labute approximate surface area is 125 Å². The molecule has 3 nitrogen and oxygen atoms in total. The first kappa shape index (κ1) is 13.8. The molecule has 21 heavy (non-hydrogen) atoms. The van der Waals surface area contributed by atoms with E-state index in [0.29, 0.717) is 0 Å². The molecule has 0 saturated heterocycles. The number of aryl methyl sites for hydroxylation is 5. The maximum absolute atomic E-state index is 4.66. The molecule has 0 spiro atoms. The van der Waals surface area contributed by atoms with E-state index in [-0.39, 0.29) is 0 Å². The van der Waals surface area contributed by atoms with Gasteiger partial charge in [-0.3, -0.25) is 0 Å². The molecule has 0 N–H and O–H groups in total. The second-order valence-electron chi connectivity index (χ2n) is 5.78. The fraction of sp³-hybridized carbons (Fsp3) is 0.333. The Morgan fingerprint density at radius 1 is 1.05 bits per heavy atom. The minimum absolute atomic E-state index is 0.810. The zero-order valence-corrected chi connectivity index (χ0v) is 13.4. The van der Waals surface area contributed by atoms with Gasteiger partial charge in [-0.2, -0.15) is 0 Å². The molecule has 0 radical (unpaired) electrons. The largest absolute Gasteiger partial charge is 0.300 e. The van der Waals surface area contributed by atoms with E-state index in [0.717, 1.165) is 23.3 Å². The summed E-state index contributed by atoms with van der Waals surface area (Å²) >= 11 is 0. The van der Waals surface area contributed by atoms with E-state index in [4.69, 9.17) is 0 Å². The van der Waals surface area contributed by atoms with Crippen molar-refractivity contribution in [3.63, 3.8) is 0 Å². The molecule has 2 aromatic heterocycles. The molecule has 0 atom stereocenters. The highest BCUT2D eigenvalue weighted by molar-refractivity contribution is 5.82. The maximum atomic E-state index is 4.66. The molecule has 0 amide bonds. The first-order valence-electron chi connectivity index (χ1n) is 7.43. The van der Waals surface area contributed by atoms with Gasteiger partial charge in [0.2, 0.25) is 0 Å². The van der Waals surface area contributed by atoms with Gasteiger partial charge in [0.05, 0.1) is 5.69 Å². The van der Waals surface area contributed by atoms with E-state index in [2.05, 4.69) is 60.6 Å². The van der Waals surface area contributed by atoms with Gasteiger partial charge in [-0.05, 0) is 50.8 Å².